The molecule has 0 amide bonds. The highest BCUT2D eigenvalue weighted by Gasteiger charge is 2.19. The molecule has 0 aliphatic rings. The summed E-state index contributed by atoms with van der Waals surface area (Å²) in [6.45, 7) is 6.50. The number of ether oxygens (including phenoxy) is 3. The third kappa shape index (κ3) is 64.6. The van der Waals surface area contributed by atoms with E-state index in [0.29, 0.717) is 19.3 Å². The van der Waals surface area contributed by atoms with Crippen molar-refractivity contribution in [1.29, 1.82) is 0 Å². The van der Waals surface area contributed by atoms with Crippen LogP contribution in [-0.2, 0) is 28.6 Å². The van der Waals surface area contributed by atoms with Crippen LogP contribution in [0.5, 0.6) is 0 Å². The second kappa shape index (κ2) is 67.3. The first-order valence-corrected chi connectivity index (χ1v) is 33.5. The van der Waals surface area contributed by atoms with Crippen molar-refractivity contribution in [3.8, 4) is 0 Å². The normalized spacial score (nSPS) is 12.9. The van der Waals surface area contributed by atoms with Crippen molar-refractivity contribution in [2.24, 2.45) is 0 Å². The van der Waals surface area contributed by atoms with E-state index in [1.165, 1.54) is 141 Å². The Hall–Kier alpha value is -4.19. The maximum atomic E-state index is 12.9. The summed E-state index contributed by atoms with van der Waals surface area (Å²) in [7, 11) is 0. The van der Waals surface area contributed by atoms with E-state index in [4.69, 9.17) is 14.2 Å². The van der Waals surface area contributed by atoms with Crippen LogP contribution < -0.4 is 0 Å². The predicted molar refractivity (Wildman–Crippen MR) is 348 cm³/mol. The van der Waals surface area contributed by atoms with Crippen molar-refractivity contribution >= 4 is 17.9 Å². The molecule has 0 fully saturated rings. The van der Waals surface area contributed by atoms with E-state index in [1.54, 1.807) is 0 Å². The Labute approximate surface area is 494 Å². The van der Waals surface area contributed by atoms with Gasteiger partial charge in [-0.25, -0.2) is 0 Å². The van der Waals surface area contributed by atoms with E-state index in [9.17, 15) is 14.4 Å². The fraction of sp³-hybridized carbons (Fsp3) is 0.689. The summed E-state index contributed by atoms with van der Waals surface area (Å²) >= 11 is 0. The van der Waals surface area contributed by atoms with Crippen LogP contribution >= 0.6 is 0 Å². The Morgan fingerprint density at radius 3 is 0.787 bits per heavy atom. The van der Waals surface area contributed by atoms with Gasteiger partial charge in [-0.3, -0.25) is 14.4 Å². The molecule has 456 valence electrons. The second-order valence-corrected chi connectivity index (χ2v) is 22.0. The SMILES string of the molecule is CC/C=C\C/C=C\C/C=C\C/C=C\C/C=C\C/C=C\C/C=C\CCCCCCCCCC(=O)OCC(COC(=O)CCCCCCC/C=C\CCCCCCCC)OC(=O)CCCCCCCCC/C=C\C/C=C\CCCCCC. The molecule has 0 radical (unpaired) electrons. The van der Waals surface area contributed by atoms with Crippen molar-refractivity contribution in [3.05, 3.63) is 122 Å². The molecule has 0 heterocycles. The zero-order valence-electron chi connectivity index (χ0n) is 52.3. The van der Waals surface area contributed by atoms with E-state index in [2.05, 4.69) is 142 Å². The van der Waals surface area contributed by atoms with Gasteiger partial charge in [-0.2, -0.15) is 0 Å². The standard InChI is InChI=1S/C74H124O6/c1-4-7-10-13-16-19-22-25-28-30-32-33-34-35-36-37-38-39-40-41-42-44-46-49-52-55-58-61-64-67-73(76)79-70-71(69-78-72(75)66-63-60-57-54-51-48-45-27-24-21-18-15-12-9-6-3)80-74(77)68-65-62-59-56-53-50-47-43-31-29-26-23-20-17-14-11-8-5-2/h7,10,16,19-20,23,25,27-29,31-33,35-36,38-39,41-42,45,71H,4-6,8-9,11-15,17-18,21-22,24,26,30,34,37,40,43-44,46-70H2,1-3H3/b10-7-,19-16-,23-20-,28-25-,31-29-,33-32-,36-35-,39-38-,42-41-,45-27-. The van der Waals surface area contributed by atoms with E-state index < -0.39 is 6.10 Å². The smallest absolute Gasteiger partial charge is 0.306 e. The van der Waals surface area contributed by atoms with Gasteiger partial charge >= 0.3 is 17.9 Å². The van der Waals surface area contributed by atoms with E-state index >= 15 is 0 Å². The largest absolute Gasteiger partial charge is 0.462 e. The van der Waals surface area contributed by atoms with Crippen molar-refractivity contribution in [2.45, 2.75) is 316 Å². The van der Waals surface area contributed by atoms with Crippen molar-refractivity contribution < 1.29 is 28.6 Å². The molecule has 0 bridgehead atoms. The number of allylic oxidation sites excluding steroid dienone is 20. The second-order valence-electron chi connectivity index (χ2n) is 22.0. The molecule has 1 unspecified atom stereocenters. The zero-order valence-corrected chi connectivity index (χ0v) is 52.3. The number of hydrogen-bond acceptors (Lipinski definition) is 6. The van der Waals surface area contributed by atoms with E-state index in [0.717, 1.165) is 128 Å². The van der Waals surface area contributed by atoms with Crippen LogP contribution in [0.25, 0.3) is 0 Å². The molecule has 0 aromatic heterocycles. The van der Waals surface area contributed by atoms with Gasteiger partial charge in [0, 0.05) is 19.3 Å². The molecule has 80 heavy (non-hydrogen) atoms. The monoisotopic (exact) mass is 1110 g/mol. The molecule has 0 aromatic rings. The van der Waals surface area contributed by atoms with Crippen molar-refractivity contribution in [1.82, 2.24) is 0 Å². The molecular weight excluding hydrogens is 985 g/mol. The first-order chi connectivity index (χ1) is 39.5. The zero-order chi connectivity index (χ0) is 57.8. The average Bonchev–Trinajstić information content (AvgIpc) is 3.46. The molecule has 0 spiro atoms. The summed E-state index contributed by atoms with van der Waals surface area (Å²) in [5.74, 6) is -0.910. The van der Waals surface area contributed by atoms with Crippen LogP contribution in [0.15, 0.2) is 122 Å². The van der Waals surface area contributed by atoms with Crippen LogP contribution in [0.4, 0.5) is 0 Å². The highest BCUT2D eigenvalue weighted by molar-refractivity contribution is 5.71. The van der Waals surface area contributed by atoms with E-state index in [1.807, 2.05) is 0 Å². The molecule has 0 aromatic carbocycles. The van der Waals surface area contributed by atoms with Crippen LogP contribution in [0, 0.1) is 0 Å². The molecule has 0 N–H and O–H groups in total. The van der Waals surface area contributed by atoms with Gasteiger partial charge in [-0.15, -0.1) is 0 Å². The quantitative estimate of drug-likeness (QED) is 0.0261. The van der Waals surface area contributed by atoms with Gasteiger partial charge in [0.05, 0.1) is 0 Å². The highest BCUT2D eigenvalue weighted by atomic mass is 16.6. The van der Waals surface area contributed by atoms with Crippen LogP contribution in [0.3, 0.4) is 0 Å². The number of esters is 3. The summed E-state index contributed by atoms with van der Waals surface area (Å²) in [4.78, 5) is 38.4. The van der Waals surface area contributed by atoms with Gasteiger partial charge < -0.3 is 14.2 Å². The molecule has 6 nitrogen and oxygen atoms in total. The fourth-order valence-corrected chi connectivity index (χ4v) is 9.15. The van der Waals surface area contributed by atoms with Gasteiger partial charge in [0.15, 0.2) is 6.10 Å². The summed E-state index contributed by atoms with van der Waals surface area (Å²) in [5.41, 5.74) is 0. The Morgan fingerprint density at radius 1 is 0.263 bits per heavy atom. The molecule has 1 atom stereocenters. The van der Waals surface area contributed by atoms with Crippen LogP contribution in [0.1, 0.15) is 310 Å². The third-order valence-electron chi connectivity index (χ3n) is 14.2. The van der Waals surface area contributed by atoms with Crippen molar-refractivity contribution in [2.75, 3.05) is 13.2 Å². The third-order valence-corrected chi connectivity index (χ3v) is 14.2. The lowest BCUT2D eigenvalue weighted by Crippen LogP contribution is -2.30. The topological polar surface area (TPSA) is 78.9 Å². The summed E-state index contributed by atoms with van der Waals surface area (Å²) in [6, 6.07) is 0. The molecule has 0 aliphatic heterocycles. The van der Waals surface area contributed by atoms with Crippen LogP contribution in [-0.4, -0.2) is 37.2 Å². The number of unbranched alkanes of at least 4 members (excludes halogenated alkanes) is 29. The Bertz CT molecular complexity index is 1650. The molecule has 6 heteroatoms. The Balaban J connectivity index is 4.38. The minimum Gasteiger partial charge on any atom is -0.462 e. The summed E-state index contributed by atoms with van der Waals surface area (Å²) in [6.07, 6.45) is 93.4. The Kier molecular flexibility index (Phi) is 63.8. The molecule has 0 rings (SSSR count). The number of carbonyl (C=O) groups is 3. The summed E-state index contributed by atoms with van der Waals surface area (Å²) in [5, 5.41) is 0. The predicted octanol–water partition coefficient (Wildman–Crippen LogP) is 23.2. The molecule has 0 aliphatic carbocycles. The lowest BCUT2D eigenvalue weighted by atomic mass is 10.1. The maximum absolute atomic E-state index is 12.9. The van der Waals surface area contributed by atoms with Gasteiger partial charge in [0.1, 0.15) is 13.2 Å². The maximum Gasteiger partial charge on any atom is 0.306 e. The average molecular weight is 1110 g/mol. The number of carbonyl (C=O) groups excluding carboxylic acids is 3. The fourth-order valence-electron chi connectivity index (χ4n) is 9.15. The van der Waals surface area contributed by atoms with E-state index in [-0.39, 0.29) is 31.1 Å². The number of rotatable bonds is 60. The van der Waals surface area contributed by atoms with Crippen LogP contribution in [0.2, 0.25) is 0 Å². The summed E-state index contributed by atoms with van der Waals surface area (Å²) < 4.78 is 16.9. The van der Waals surface area contributed by atoms with Gasteiger partial charge in [-0.05, 0) is 135 Å². The van der Waals surface area contributed by atoms with Gasteiger partial charge in [-0.1, -0.05) is 277 Å². The first-order valence-electron chi connectivity index (χ1n) is 33.5. The molecule has 0 saturated carbocycles. The molecular formula is C74H124O6. The van der Waals surface area contributed by atoms with Gasteiger partial charge in [0.2, 0.25) is 0 Å². The minimum atomic E-state index is -0.795. The Morgan fingerprint density at radius 2 is 0.487 bits per heavy atom. The highest BCUT2D eigenvalue weighted by Crippen LogP contribution is 2.15. The number of hydrogen-bond donors (Lipinski definition) is 0. The molecule has 0 saturated heterocycles. The van der Waals surface area contributed by atoms with Crippen molar-refractivity contribution in [3.63, 3.8) is 0 Å². The lowest BCUT2D eigenvalue weighted by Gasteiger charge is -2.18. The lowest BCUT2D eigenvalue weighted by molar-refractivity contribution is -0.167. The van der Waals surface area contributed by atoms with Gasteiger partial charge in [0.25, 0.3) is 0 Å². The first kappa shape index (κ1) is 75.8. The minimum absolute atomic E-state index is 0.0901.